The molecule has 1 aliphatic carbocycles. The van der Waals surface area contributed by atoms with Crippen molar-refractivity contribution in [1.82, 2.24) is 29.5 Å². The number of aryl methyl sites for hydroxylation is 1. The first-order valence-corrected chi connectivity index (χ1v) is 13.2. The number of rotatable bonds is 5. The van der Waals surface area contributed by atoms with Gasteiger partial charge in [-0.1, -0.05) is 19.3 Å². The maximum atomic E-state index is 13.7. The molecule has 0 spiro atoms. The van der Waals surface area contributed by atoms with E-state index in [4.69, 9.17) is 0 Å². The van der Waals surface area contributed by atoms with Gasteiger partial charge in [0.25, 0.3) is 12.0 Å². The van der Waals surface area contributed by atoms with E-state index in [1.54, 1.807) is 0 Å². The lowest BCUT2D eigenvalue weighted by molar-refractivity contribution is -0.139. The first-order valence-electron chi connectivity index (χ1n) is 13.2. The molecule has 0 saturated heterocycles. The molecule has 1 saturated carbocycles. The van der Waals surface area contributed by atoms with Crippen LogP contribution in [-0.4, -0.2) is 29.5 Å². The maximum Gasteiger partial charge on any atom is 0.418 e. The lowest BCUT2D eigenvalue weighted by atomic mass is 9.84. The molecule has 0 aliphatic heterocycles. The zero-order valence-corrected chi connectivity index (χ0v) is 22.7. The smallest absolute Gasteiger partial charge is 0.267 e. The van der Waals surface area contributed by atoms with Gasteiger partial charge in [-0.25, -0.2) is 13.5 Å². The van der Waals surface area contributed by atoms with Gasteiger partial charge in [0.1, 0.15) is 5.69 Å². The summed E-state index contributed by atoms with van der Waals surface area (Å²) in [5.41, 5.74) is -2.44. The predicted molar refractivity (Wildman–Crippen MR) is 139 cm³/mol. The van der Waals surface area contributed by atoms with Crippen LogP contribution >= 0.6 is 0 Å². The molecule has 4 aromatic heterocycles. The molecule has 5 rings (SSSR count). The van der Waals surface area contributed by atoms with Crippen LogP contribution in [0.5, 0.6) is 0 Å². The minimum Gasteiger partial charge on any atom is -0.267 e. The lowest BCUT2D eigenvalue weighted by Crippen LogP contribution is -2.30. The third kappa shape index (κ3) is 7.62. The number of nitrogens with zero attached hydrogens (tertiary/aromatic N) is 6. The molecule has 4 heterocycles. The highest BCUT2D eigenvalue weighted by Gasteiger charge is 2.34. The van der Waals surface area contributed by atoms with E-state index in [0.717, 1.165) is 78.1 Å². The molecule has 43 heavy (non-hydrogen) atoms. The van der Waals surface area contributed by atoms with E-state index in [9.17, 15) is 39.9 Å². The van der Waals surface area contributed by atoms with Crippen molar-refractivity contribution in [3.05, 3.63) is 93.6 Å². The van der Waals surface area contributed by atoms with Crippen LogP contribution in [-0.2, 0) is 25.9 Å². The van der Waals surface area contributed by atoms with Crippen LogP contribution in [0, 0.1) is 0 Å². The molecule has 0 radical (unpaired) electrons. The number of halogens is 8. The summed E-state index contributed by atoms with van der Waals surface area (Å²) in [5.74, 6) is -0.114. The van der Waals surface area contributed by atoms with Crippen LogP contribution < -0.4 is 5.56 Å². The zero-order valence-electron chi connectivity index (χ0n) is 22.7. The van der Waals surface area contributed by atoms with E-state index in [0.29, 0.717) is 5.56 Å². The van der Waals surface area contributed by atoms with Gasteiger partial charge in [-0.05, 0) is 49.1 Å². The van der Waals surface area contributed by atoms with Gasteiger partial charge in [-0.15, -0.1) is 0 Å². The van der Waals surface area contributed by atoms with Gasteiger partial charge in [0.05, 0.1) is 35.3 Å². The average molecular weight is 615 g/mol. The Morgan fingerprint density at radius 3 is 2.21 bits per heavy atom. The molecule has 230 valence electrons. The van der Waals surface area contributed by atoms with Crippen molar-refractivity contribution in [3.63, 3.8) is 0 Å². The number of pyridine rings is 2. The Morgan fingerprint density at radius 1 is 0.953 bits per heavy atom. The zero-order chi connectivity index (χ0) is 31.4. The minimum atomic E-state index is -4.66. The summed E-state index contributed by atoms with van der Waals surface area (Å²) in [7, 11) is 1.37. The molecule has 1 fully saturated rings. The van der Waals surface area contributed by atoms with Crippen LogP contribution in [0.2, 0.25) is 0 Å². The molecule has 4 aromatic rings. The second-order valence-corrected chi connectivity index (χ2v) is 9.88. The Bertz CT molecular complexity index is 1570. The number of alkyl halides is 8. The van der Waals surface area contributed by atoms with Crippen molar-refractivity contribution in [1.29, 1.82) is 0 Å². The summed E-state index contributed by atoms with van der Waals surface area (Å²) in [5, 5.41) is 8.07. The third-order valence-electron chi connectivity index (χ3n) is 7.02. The van der Waals surface area contributed by atoms with E-state index >= 15 is 0 Å². The number of hydrogen-bond donors (Lipinski definition) is 0. The van der Waals surface area contributed by atoms with Gasteiger partial charge < -0.3 is 0 Å². The summed E-state index contributed by atoms with van der Waals surface area (Å²) in [4.78, 5) is 20.5. The lowest BCUT2D eigenvalue weighted by Gasteiger charge is -2.22. The highest BCUT2D eigenvalue weighted by molar-refractivity contribution is 5.62. The Morgan fingerprint density at radius 2 is 1.63 bits per heavy atom. The molecular weight excluding hydrogens is 588 g/mol. The Balaban J connectivity index is 0.000000359. The highest BCUT2D eigenvalue weighted by Crippen LogP contribution is 2.35. The van der Waals surface area contributed by atoms with Crippen molar-refractivity contribution in [2.75, 3.05) is 0 Å². The third-order valence-corrected chi connectivity index (χ3v) is 7.02. The standard InChI is InChI=1S/C22H22F5N5O.C6H4F3N/c1-31-19(20(23)24)15(11-29-31)17-10-14(13-6-3-2-4-7-13)21(33)32(30-17)12-18-16(22(25,26)27)8-5-9-28-18;7-6(8,9)5-1-3-10-4-2-5/h5,8-11,13,20H,2-4,6-7,12H2,1H3;1-4H. The van der Waals surface area contributed by atoms with Crippen molar-refractivity contribution < 1.29 is 35.1 Å². The van der Waals surface area contributed by atoms with Crippen molar-refractivity contribution in [2.45, 2.75) is 63.3 Å². The minimum absolute atomic E-state index is 0.0374. The van der Waals surface area contributed by atoms with Crippen LogP contribution in [0.15, 0.2) is 59.9 Å². The molecule has 0 unspecified atom stereocenters. The summed E-state index contributed by atoms with van der Waals surface area (Å²) in [6.45, 7) is -0.535. The fraction of sp³-hybridized carbons (Fsp3) is 0.393. The predicted octanol–water partition coefficient (Wildman–Crippen LogP) is 7.19. The first-order chi connectivity index (χ1) is 20.3. The van der Waals surface area contributed by atoms with Gasteiger partial charge in [0.2, 0.25) is 0 Å². The average Bonchev–Trinajstić information content (AvgIpc) is 3.36. The van der Waals surface area contributed by atoms with Crippen LogP contribution in [0.3, 0.4) is 0 Å². The fourth-order valence-corrected chi connectivity index (χ4v) is 4.92. The van der Waals surface area contributed by atoms with Gasteiger partial charge in [0, 0.05) is 36.8 Å². The van der Waals surface area contributed by atoms with Crippen molar-refractivity contribution in [3.8, 4) is 11.3 Å². The molecule has 0 bridgehead atoms. The molecule has 15 heteroatoms. The first kappa shape index (κ1) is 31.8. The second-order valence-electron chi connectivity index (χ2n) is 9.88. The Labute approximate surface area is 240 Å². The van der Waals surface area contributed by atoms with E-state index < -0.39 is 42.0 Å². The van der Waals surface area contributed by atoms with Gasteiger partial charge >= 0.3 is 12.4 Å². The van der Waals surface area contributed by atoms with Gasteiger partial charge in [-0.2, -0.15) is 36.5 Å². The van der Waals surface area contributed by atoms with Crippen molar-refractivity contribution >= 4 is 0 Å². The molecule has 0 aromatic carbocycles. The molecule has 1 aliphatic rings. The summed E-state index contributed by atoms with van der Waals surface area (Å²) in [6.07, 6.45) is -2.76. The molecule has 0 amide bonds. The fourth-order valence-electron chi connectivity index (χ4n) is 4.92. The van der Waals surface area contributed by atoms with E-state index in [1.165, 1.54) is 25.5 Å². The molecule has 0 atom stereocenters. The van der Waals surface area contributed by atoms with E-state index in [2.05, 4.69) is 20.2 Å². The van der Waals surface area contributed by atoms with E-state index in [1.807, 2.05) is 0 Å². The summed E-state index contributed by atoms with van der Waals surface area (Å²) < 4.78 is 105. The Hall–Kier alpha value is -4.17. The SMILES string of the molecule is Cn1ncc(-c2cc(C3CCCCC3)c(=O)n(Cc3ncccc3C(F)(F)F)n2)c1C(F)F.FC(F)(F)c1ccncc1. The molecule has 7 nitrogen and oxygen atoms in total. The second kappa shape index (κ2) is 13.0. The molecule has 0 N–H and O–H groups in total. The molecular formula is C28H26F8N6O. The Kier molecular flexibility index (Phi) is 9.60. The van der Waals surface area contributed by atoms with Crippen molar-refractivity contribution in [2.24, 2.45) is 7.05 Å². The monoisotopic (exact) mass is 614 g/mol. The summed E-state index contributed by atoms with van der Waals surface area (Å²) >= 11 is 0. The van der Waals surface area contributed by atoms with Gasteiger partial charge in [-0.3, -0.25) is 19.4 Å². The van der Waals surface area contributed by atoms with E-state index in [-0.39, 0.29) is 28.6 Å². The van der Waals surface area contributed by atoms with Crippen LogP contribution in [0.1, 0.15) is 72.5 Å². The normalized spacial score (nSPS) is 14.5. The number of aromatic nitrogens is 6. The van der Waals surface area contributed by atoms with Crippen LogP contribution in [0.4, 0.5) is 35.1 Å². The largest absolute Gasteiger partial charge is 0.418 e. The summed E-state index contributed by atoms with van der Waals surface area (Å²) in [6, 6.07) is 5.40. The van der Waals surface area contributed by atoms with Gasteiger partial charge in [0.15, 0.2) is 0 Å². The highest BCUT2D eigenvalue weighted by atomic mass is 19.4. The van der Waals surface area contributed by atoms with Crippen LogP contribution in [0.25, 0.3) is 11.3 Å². The topological polar surface area (TPSA) is 78.5 Å². The maximum absolute atomic E-state index is 13.7. The quantitative estimate of drug-likeness (QED) is 0.223. The number of hydrogen-bond acceptors (Lipinski definition) is 5.